The Bertz CT molecular complexity index is 572. The van der Waals surface area contributed by atoms with Crippen LogP contribution in [0.3, 0.4) is 0 Å². The molecule has 0 saturated carbocycles. The fraction of sp³-hybridized carbons (Fsp3) is 0.533. The zero-order chi connectivity index (χ0) is 16.8. The molecule has 1 unspecified atom stereocenters. The maximum absolute atomic E-state index is 12.2. The monoisotopic (exact) mass is 323 g/mol. The van der Waals surface area contributed by atoms with E-state index in [2.05, 4.69) is 5.32 Å². The molecule has 1 amide bonds. The highest BCUT2D eigenvalue weighted by Gasteiger charge is 2.23. The number of nitrogens with one attached hydrogen (secondary N) is 1. The van der Waals surface area contributed by atoms with Gasteiger partial charge in [-0.3, -0.25) is 14.9 Å². The number of methoxy groups -OCH3 is 1. The molecule has 0 spiro atoms. The number of carbonyl (C=O) groups excluding carboxylic acids is 1. The van der Waals surface area contributed by atoms with E-state index in [1.54, 1.807) is 26.2 Å². The fourth-order valence-electron chi connectivity index (χ4n) is 2.48. The number of morpholine rings is 1. The van der Waals surface area contributed by atoms with Gasteiger partial charge in [0.25, 0.3) is 11.6 Å². The first kappa shape index (κ1) is 17.2. The molecule has 1 atom stereocenters. The molecule has 1 fully saturated rings. The molecule has 2 rings (SSSR count). The lowest BCUT2D eigenvalue weighted by atomic mass is 10.1. The minimum atomic E-state index is -0.458. The Morgan fingerprint density at radius 2 is 2.17 bits per heavy atom. The number of nitro benzene ring substituents is 1. The first-order valence-electron chi connectivity index (χ1n) is 7.44. The Labute approximate surface area is 134 Å². The van der Waals surface area contributed by atoms with Gasteiger partial charge in [-0.25, -0.2) is 0 Å². The molecule has 23 heavy (non-hydrogen) atoms. The number of anilines is 1. The van der Waals surface area contributed by atoms with Gasteiger partial charge in [-0.2, -0.15) is 0 Å². The highest BCUT2D eigenvalue weighted by molar-refractivity contribution is 5.96. The molecule has 126 valence electrons. The number of hydrogen-bond acceptors (Lipinski definition) is 6. The van der Waals surface area contributed by atoms with E-state index in [0.717, 1.165) is 0 Å². The number of nitro groups is 1. The third-order valence-corrected chi connectivity index (χ3v) is 3.58. The summed E-state index contributed by atoms with van der Waals surface area (Å²) in [6.07, 6.45) is 0. The van der Waals surface area contributed by atoms with E-state index in [0.29, 0.717) is 38.6 Å². The topological polar surface area (TPSA) is 93.9 Å². The Morgan fingerprint density at radius 3 is 2.78 bits per heavy atom. The van der Waals surface area contributed by atoms with Crippen molar-refractivity contribution in [1.29, 1.82) is 0 Å². The summed E-state index contributed by atoms with van der Waals surface area (Å²) in [5.74, 6) is -0.355. The maximum Gasteiger partial charge on any atom is 0.293 e. The number of carbonyl (C=O) groups is 1. The Morgan fingerprint density at radius 1 is 1.48 bits per heavy atom. The summed E-state index contributed by atoms with van der Waals surface area (Å²) in [7, 11) is 1.55. The molecule has 1 heterocycles. The Hall–Kier alpha value is -2.19. The summed E-state index contributed by atoms with van der Waals surface area (Å²) in [4.78, 5) is 25.0. The van der Waals surface area contributed by atoms with Crippen LogP contribution in [0.25, 0.3) is 0 Å². The lowest BCUT2D eigenvalue weighted by molar-refractivity contribution is -0.384. The predicted molar refractivity (Wildman–Crippen MR) is 84.9 cm³/mol. The summed E-state index contributed by atoms with van der Waals surface area (Å²) >= 11 is 0. The van der Waals surface area contributed by atoms with Gasteiger partial charge in [0.05, 0.1) is 24.7 Å². The first-order chi connectivity index (χ1) is 11.0. The smallest absolute Gasteiger partial charge is 0.293 e. The third kappa shape index (κ3) is 4.40. The first-order valence-corrected chi connectivity index (χ1v) is 7.44. The number of benzene rings is 1. The number of nitrogens with zero attached hydrogens (tertiary/aromatic N) is 2. The Balaban J connectivity index is 2.21. The molecule has 1 saturated heterocycles. The summed E-state index contributed by atoms with van der Waals surface area (Å²) in [5, 5.41) is 14.1. The summed E-state index contributed by atoms with van der Waals surface area (Å²) < 4.78 is 10.2. The zero-order valence-corrected chi connectivity index (χ0v) is 13.3. The van der Waals surface area contributed by atoms with Crippen LogP contribution in [0.5, 0.6) is 0 Å². The minimum Gasteiger partial charge on any atom is -0.383 e. The average molecular weight is 323 g/mol. The third-order valence-electron chi connectivity index (χ3n) is 3.58. The van der Waals surface area contributed by atoms with E-state index in [1.807, 2.05) is 4.90 Å². The van der Waals surface area contributed by atoms with Crippen LogP contribution in [0.1, 0.15) is 17.3 Å². The van der Waals surface area contributed by atoms with Crippen molar-refractivity contribution in [3.63, 3.8) is 0 Å². The fourth-order valence-corrected chi connectivity index (χ4v) is 2.48. The molecular weight excluding hydrogens is 302 g/mol. The van der Waals surface area contributed by atoms with Crippen LogP contribution in [0.4, 0.5) is 11.4 Å². The minimum absolute atomic E-state index is 0.0704. The molecule has 1 aliphatic heterocycles. The van der Waals surface area contributed by atoms with E-state index in [4.69, 9.17) is 9.47 Å². The SMILES string of the molecule is COCC(C)NC(=O)c1ccc(N2CCOCC2)c([N+](=O)[O-])c1. The van der Waals surface area contributed by atoms with Crippen LogP contribution >= 0.6 is 0 Å². The Kier molecular flexibility index (Phi) is 5.89. The second kappa shape index (κ2) is 7.89. The molecule has 0 aromatic heterocycles. The summed E-state index contributed by atoms with van der Waals surface area (Å²) in [5.41, 5.74) is 0.704. The molecule has 0 bridgehead atoms. The molecule has 1 aromatic rings. The van der Waals surface area contributed by atoms with Gasteiger partial charge in [0.2, 0.25) is 0 Å². The highest BCUT2D eigenvalue weighted by atomic mass is 16.6. The van der Waals surface area contributed by atoms with Crippen molar-refractivity contribution in [2.75, 3.05) is 44.9 Å². The molecule has 1 N–H and O–H groups in total. The van der Waals surface area contributed by atoms with Crippen LogP contribution in [0.15, 0.2) is 18.2 Å². The van der Waals surface area contributed by atoms with E-state index in [-0.39, 0.29) is 23.2 Å². The van der Waals surface area contributed by atoms with Crippen LogP contribution in [-0.2, 0) is 9.47 Å². The molecule has 1 aromatic carbocycles. The average Bonchev–Trinajstić information content (AvgIpc) is 2.55. The molecule has 8 nitrogen and oxygen atoms in total. The van der Waals surface area contributed by atoms with Gasteiger partial charge < -0.3 is 19.7 Å². The van der Waals surface area contributed by atoms with Gasteiger partial charge in [0.15, 0.2) is 0 Å². The molecular formula is C15H21N3O5. The highest BCUT2D eigenvalue weighted by Crippen LogP contribution is 2.29. The number of hydrogen-bond donors (Lipinski definition) is 1. The second-order valence-electron chi connectivity index (χ2n) is 5.39. The van der Waals surface area contributed by atoms with Crippen LogP contribution in [-0.4, -0.2) is 56.9 Å². The van der Waals surface area contributed by atoms with Crippen molar-refractivity contribution < 1.29 is 19.2 Å². The van der Waals surface area contributed by atoms with E-state index < -0.39 is 4.92 Å². The second-order valence-corrected chi connectivity index (χ2v) is 5.39. The van der Waals surface area contributed by atoms with Gasteiger partial charge in [0.1, 0.15) is 5.69 Å². The normalized spacial score (nSPS) is 16.0. The van der Waals surface area contributed by atoms with Crippen molar-refractivity contribution in [3.8, 4) is 0 Å². The molecule has 0 aliphatic carbocycles. The van der Waals surface area contributed by atoms with E-state index in [1.165, 1.54) is 6.07 Å². The van der Waals surface area contributed by atoms with Crippen molar-refractivity contribution >= 4 is 17.3 Å². The maximum atomic E-state index is 12.2. The van der Waals surface area contributed by atoms with Gasteiger partial charge in [-0.1, -0.05) is 0 Å². The quantitative estimate of drug-likeness (QED) is 0.624. The van der Waals surface area contributed by atoms with Crippen molar-refractivity contribution in [1.82, 2.24) is 5.32 Å². The molecule has 0 radical (unpaired) electrons. The summed E-state index contributed by atoms with van der Waals surface area (Å²) in [6.45, 7) is 4.44. The van der Waals surface area contributed by atoms with E-state index in [9.17, 15) is 14.9 Å². The molecule has 8 heteroatoms. The van der Waals surface area contributed by atoms with Crippen LogP contribution < -0.4 is 10.2 Å². The van der Waals surface area contributed by atoms with E-state index >= 15 is 0 Å². The number of rotatable bonds is 6. The van der Waals surface area contributed by atoms with Gasteiger partial charge in [-0.15, -0.1) is 0 Å². The standard InChI is InChI=1S/C15H21N3O5/c1-11(10-22-2)16-15(19)12-3-4-13(14(9-12)18(20)21)17-5-7-23-8-6-17/h3-4,9,11H,5-8,10H2,1-2H3,(H,16,19). The lowest BCUT2D eigenvalue weighted by Gasteiger charge is -2.28. The number of ether oxygens (including phenoxy) is 2. The van der Waals surface area contributed by atoms with Crippen molar-refractivity contribution in [2.45, 2.75) is 13.0 Å². The zero-order valence-electron chi connectivity index (χ0n) is 13.3. The molecule has 1 aliphatic rings. The summed E-state index contributed by atoms with van der Waals surface area (Å²) in [6, 6.07) is 4.37. The van der Waals surface area contributed by atoms with Crippen LogP contribution in [0.2, 0.25) is 0 Å². The van der Waals surface area contributed by atoms with Gasteiger partial charge >= 0.3 is 0 Å². The lowest BCUT2D eigenvalue weighted by Crippen LogP contribution is -2.37. The van der Waals surface area contributed by atoms with Crippen molar-refractivity contribution in [2.24, 2.45) is 0 Å². The largest absolute Gasteiger partial charge is 0.383 e. The van der Waals surface area contributed by atoms with Gasteiger partial charge in [-0.05, 0) is 19.1 Å². The number of amides is 1. The predicted octanol–water partition coefficient (Wildman–Crippen LogP) is 1.20. The van der Waals surface area contributed by atoms with Crippen molar-refractivity contribution in [3.05, 3.63) is 33.9 Å². The van der Waals surface area contributed by atoms with Crippen LogP contribution in [0, 0.1) is 10.1 Å². The van der Waals surface area contributed by atoms with Gasteiger partial charge in [0, 0.05) is 37.9 Å².